The number of rotatable bonds is 3. The summed E-state index contributed by atoms with van der Waals surface area (Å²) in [6.07, 6.45) is 1.80. The Morgan fingerprint density at radius 3 is 2.82 bits per heavy atom. The number of halogens is 1. The van der Waals surface area contributed by atoms with Crippen molar-refractivity contribution in [1.82, 2.24) is 9.78 Å². The maximum Gasteiger partial charge on any atom is 0.0982 e. The molecule has 1 aromatic rings. The minimum atomic E-state index is -0.817. The van der Waals surface area contributed by atoms with Gasteiger partial charge in [-0.1, -0.05) is 18.5 Å². The molecule has 0 amide bonds. The van der Waals surface area contributed by atoms with Crippen LogP contribution in [-0.4, -0.2) is 33.2 Å². The van der Waals surface area contributed by atoms with Gasteiger partial charge in [0.25, 0.3) is 0 Å². The molecule has 1 saturated heterocycles. The van der Waals surface area contributed by atoms with Crippen LogP contribution in [0.2, 0.25) is 5.02 Å². The molecule has 0 aromatic carbocycles. The van der Waals surface area contributed by atoms with Gasteiger partial charge in [0.05, 0.1) is 28.1 Å². The van der Waals surface area contributed by atoms with Gasteiger partial charge in [0.2, 0.25) is 0 Å². The van der Waals surface area contributed by atoms with Gasteiger partial charge in [-0.2, -0.15) is 5.10 Å². The summed E-state index contributed by atoms with van der Waals surface area (Å²) in [7, 11) is 1.87. The predicted octanol–water partition coefficient (Wildman–Crippen LogP) is 1.72. The van der Waals surface area contributed by atoms with Gasteiger partial charge in [-0.25, -0.2) is 0 Å². The maximum atomic E-state index is 10.5. The van der Waals surface area contributed by atoms with Gasteiger partial charge >= 0.3 is 0 Å². The summed E-state index contributed by atoms with van der Waals surface area (Å²) >= 11 is 6.28. The van der Waals surface area contributed by atoms with Crippen molar-refractivity contribution in [1.29, 1.82) is 0 Å². The van der Waals surface area contributed by atoms with Gasteiger partial charge < -0.3 is 9.84 Å². The lowest BCUT2D eigenvalue weighted by atomic mass is 9.91. The van der Waals surface area contributed by atoms with Crippen molar-refractivity contribution in [3.05, 3.63) is 16.4 Å². The molecule has 1 fully saturated rings. The fourth-order valence-corrected chi connectivity index (χ4v) is 2.67. The zero-order valence-corrected chi connectivity index (χ0v) is 11.3. The van der Waals surface area contributed by atoms with E-state index in [0.717, 1.165) is 17.8 Å². The van der Waals surface area contributed by atoms with Crippen LogP contribution in [0.25, 0.3) is 0 Å². The van der Waals surface area contributed by atoms with Crippen molar-refractivity contribution in [2.24, 2.45) is 7.05 Å². The third-order valence-corrected chi connectivity index (χ3v) is 4.07. The van der Waals surface area contributed by atoms with E-state index in [2.05, 4.69) is 5.10 Å². The molecule has 0 spiro atoms. The zero-order chi connectivity index (χ0) is 12.6. The Kier molecular flexibility index (Phi) is 3.48. The van der Waals surface area contributed by atoms with Crippen molar-refractivity contribution in [2.75, 3.05) is 6.61 Å². The lowest BCUT2D eigenvalue weighted by Crippen LogP contribution is -2.39. The van der Waals surface area contributed by atoms with Crippen molar-refractivity contribution in [3.63, 3.8) is 0 Å². The molecule has 1 N–H and O–H groups in total. The highest BCUT2D eigenvalue weighted by Gasteiger charge is 2.41. The predicted molar refractivity (Wildman–Crippen MR) is 66.3 cm³/mol. The summed E-state index contributed by atoms with van der Waals surface area (Å²) in [6.45, 7) is 4.53. The van der Waals surface area contributed by atoms with Crippen LogP contribution in [0.1, 0.15) is 31.7 Å². The third kappa shape index (κ3) is 2.21. The fourth-order valence-electron chi connectivity index (χ4n) is 2.30. The number of nitrogens with zero attached hydrogens (tertiary/aromatic N) is 2. The van der Waals surface area contributed by atoms with E-state index in [1.807, 2.05) is 20.9 Å². The molecule has 2 atom stereocenters. The Bertz CT molecular complexity index is 419. The van der Waals surface area contributed by atoms with Gasteiger partial charge in [-0.05, 0) is 13.3 Å². The highest BCUT2D eigenvalue weighted by molar-refractivity contribution is 6.31. The Morgan fingerprint density at radius 1 is 1.65 bits per heavy atom. The summed E-state index contributed by atoms with van der Waals surface area (Å²) in [5.41, 5.74) is 0.963. The second-order valence-corrected chi connectivity index (χ2v) is 5.11. The molecular weight excluding hydrogens is 240 g/mol. The monoisotopic (exact) mass is 258 g/mol. The zero-order valence-electron chi connectivity index (χ0n) is 10.5. The second kappa shape index (κ2) is 4.59. The summed E-state index contributed by atoms with van der Waals surface area (Å²) < 4.78 is 7.20. The van der Waals surface area contributed by atoms with E-state index < -0.39 is 5.60 Å². The first kappa shape index (κ1) is 12.9. The molecular formula is C12H19ClN2O2. The molecule has 2 unspecified atom stereocenters. The molecule has 5 heteroatoms. The first-order chi connectivity index (χ1) is 7.98. The highest BCUT2D eigenvalue weighted by atomic mass is 35.5. The lowest BCUT2D eigenvalue weighted by Gasteiger charge is -2.26. The number of aliphatic hydroxyl groups is 1. The fraction of sp³-hybridized carbons (Fsp3) is 0.750. The van der Waals surface area contributed by atoms with Crippen molar-refractivity contribution in [2.45, 2.75) is 44.8 Å². The Labute approximate surface area is 107 Å². The van der Waals surface area contributed by atoms with Crippen molar-refractivity contribution < 1.29 is 9.84 Å². The van der Waals surface area contributed by atoms with Crippen LogP contribution in [0.4, 0.5) is 0 Å². The van der Waals surface area contributed by atoms with E-state index in [1.54, 1.807) is 4.68 Å². The maximum absolute atomic E-state index is 10.5. The standard InChI is InChI=1S/C12H19ClN2O2/c1-4-9-11(13)10(15(3)14-9)7-12(16)5-6-17-8(12)2/h8,16H,4-7H2,1-3H3. The van der Waals surface area contributed by atoms with Crippen LogP contribution in [0.3, 0.4) is 0 Å². The topological polar surface area (TPSA) is 47.3 Å². The summed E-state index contributed by atoms with van der Waals surface area (Å²) in [5.74, 6) is 0. The molecule has 17 heavy (non-hydrogen) atoms. The van der Waals surface area contributed by atoms with Crippen LogP contribution >= 0.6 is 11.6 Å². The summed E-state index contributed by atoms with van der Waals surface area (Å²) in [4.78, 5) is 0. The number of aromatic nitrogens is 2. The highest BCUT2D eigenvalue weighted by Crippen LogP contribution is 2.32. The van der Waals surface area contributed by atoms with Gasteiger partial charge in [0, 0.05) is 26.5 Å². The molecule has 1 aromatic heterocycles. The largest absolute Gasteiger partial charge is 0.387 e. The van der Waals surface area contributed by atoms with Gasteiger partial charge in [0.15, 0.2) is 0 Å². The average molecular weight is 259 g/mol. The average Bonchev–Trinajstić information content (AvgIpc) is 2.74. The first-order valence-electron chi connectivity index (χ1n) is 6.02. The minimum Gasteiger partial charge on any atom is -0.387 e. The summed E-state index contributed by atoms with van der Waals surface area (Å²) in [5, 5.41) is 15.6. The van der Waals surface area contributed by atoms with Crippen LogP contribution in [0.5, 0.6) is 0 Å². The van der Waals surface area contributed by atoms with Crippen LogP contribution in [0.15, 0.2) is 0 Å². The van der Waals surface area contributed by atoms with E-state index >= 15 is 0 Å². The number of hydrogen-bond donors (Lipinski definition) is 1. The lowest BCUT2D eigenvalue weighted by molar-refractivity contribution is -0.0279. The smallest absolute Gasteiger partial charge is 0.0982 e. The van der Waals surface area contributed by atoms with Gasteiger partial charge in [0.1, 0.15) is 0 Å². The van der Waals surface area contributed by atoms with Crippen molar-refractivity contribution in [3.8, 4) is 0 Å². The first-order valence-corrected chi connectivity index (χ1v) is 6.40. The number of aryl methyl sites for hydroxylation is 2. The molecule has 1 aliphatic rings. The Balaban J connectivity index is 2.27. The minimum absolute atomic E-state index is 0.154. The van der Waals surface area contributed by atoms with E-state index in [-0.39, 0.29) is 6.10 Å². The molecule has 2 rings (SSSR count). The van der Waals surface area contributed by atoms with E-state index in [4.69, 9.17) is 16.3 Å². The van der Waals surface area contributed by atoms with Crippen molar-refractivity contribution >= 4 is 11.6 Å². The quantitative estimate of drug-likeness (QED) is 0.898. The molecule has 2 heterocycles. The van der Waals surface area contributed by atoms with Gasteiger partial charge in [-0.3, -0.25) is 4.68 Å². The second-order valence-electron chi connectivity index (χ2n) is 4.73. The summed E-state index contributed by atoms with van der Waals surface area (Å²) in [6, 6.07) is 0. The SMILES string of the molecule is CCc1nn(C)c(CC2(O)CCOC2C)c1Cl. The molecule has 0 saturated carbocycles. The molecule has 0 radical (unpaired) electrons. The Hall–Kier alpha value is -0.580. The van der Waals surface area contributed by atoms with E-state index in [9.17, 15) is 5.11 Å². The third-order valence-electron chi connectivity index (χ3n) is 3.64. The number of ether oxygens (including phenoxy) is 1. The van der Waals surface area contributed by atoms with E-state index in [1.165, 1.54) is 0 Å². The van der Waals surface area contributed by atoms with Gasteiger partial charge in [-0.15, -0.1) is 0 Å². The van der Waals surface area contributed by atoms with E-state index in [0.29, 0.717) is 24.5 Å². The van der Waals surface area contributed by atoms with Crippen LogP contribution in [0, 0.1) is 0 Å². The van der Waals surface area contributed by atoms with Crippen LogP contribution < -0.4 is 0 Å². The molecule has 1 aliphatic heterocycles. The molecule has 96 valence electrons. The number of hydrogen-bond acceptors (Lipinski definition) is 3. The molecule has 4 nitrogen and oxygen atoms in total. The molecule has 0 bridgehead atoms. The molecule has 0 aliphatic carbocycles. The normalized spacial score (nSPS) is 28.9. The Morgan fingerprint density at radius 2 is 2.35 bits per heavy atom. The van der Waals surface area contributed by atoms with Crippen LogP contribution in [-0.2, 0) is 24.6 Å².